The number of likely N-dealkylation sites (N-methyl/N-ethyl adjacent to an activating group) is 1. The fraction of sp³-hybridized carbons (Fsp3) is 0.538. The van der Waals surface area contributed by atoms with Crippen LogP contribution in [0.2, 0.25) is 0 Å². The fourth-order valence-electron chi connectivity index (χ4n) is 1.33. The Morgan fingerprint density at radius 1 is 1.28 bits per heavy atom. The summed E-state index contributed by atoms with van der Waals surface area (Å²) in [4.78, 5) is 8.67. The predicted octanol–water partition coefficient (Wildman–Crippen LogP) is 1.79. The summed E-state index contributed by atoms with van der Waals surface area (Å²) in [5, 5.41) is 9.72. The van der Waals surface area contributed by atoms with Crippen molar-refractivity contribution in [3.05, 3.63) is 24.5 Å². The van der Waals surface area contributed by atoms with Crippen molar-refractivity contribution >= 4 is 11.6 Å². The Labute approximate surface area is 109 Å². The molecule has 1 heterocycles. The SMILES string of the molecule is C=CCNc1cc(NCC(C)(C)NC)nc(C)n1. The number of aromatic nitrogens is 2. The molecule has 18 heavy (non-hydrogen) atoms. The Morgan fingerprint density at radius 3 is 2.44 bits per heavy atom. The van der Waals surface area contributed by atoms with Crippen LogP contribution in [0.25, 0.3) is 0 Å². The van der Waals surface area contributed by atoms with Crippen LogP contribution in [0.15, 0.2) is 18.7 Å². The maximum atomic E-state index is 4.36. The zero-order valence-electron chi connectivity index (χ0n) is 11.7. The van der Waals surface area contributed by atoms with Crippen LogP contribution < -0.4 is 16.0 Å². The van der Waals surface area contributed by atoms with Crippen LogP contribution in [0, 0.1) is 6.92 Å². The van der Waals surface area contributed by atoms with Gasteiger partial charge in [0.05, 0.1) is 0 Å². The van der Waals surface area contributed by atoms with Crippen molar-refractivity contribution in [3.8, 4) is 0 Å². The number of rotatable bonds is 7. The molecule has 0 aliphatic carbocycles. The Hall–Kier alpha value is -1.62. The minimum atomic E-state index is 0.0214. The molecule has 0 fully saturated rings. The van der Waals surface area contributed by atoms with Crippen molar-refractivity contribution in [3.63, 3.8) is 0 Å². The highest BCUT2D eigenvalue weighted by Crippen LogP contribution is 2.12. The van der Waals surface area contributed by atoms with E-state index >= 15 is 0 Å². The third-order valence-electron chi connectivity index (χ3n) is 2.65. The molecule has 1 rings (SSSR count). The first-order valence-electron chi connectivity index (χ1n) is 6.10. The van der Waals surface area contributed by atoms with Crippen LogP contribution in [0.4, 0.5) is 11.6 Å². The fourth-order valence-corrected chi connectivity index (χ4v) is 1.33. The molecular formula is C13H23N5. The van der Waals surface area contributed by atoms with Gasteiger partial charge in [-0.3, -0.25) is 0 Å². The Balaban J connectivity index is 2.70. The van der Waals surface area contributed by atoms with E-state index in [-0.39, 0.29) is 5.54 Å². The Bertz CT molecular complexity index is 400. The van der Waals surface area contributed by atoms with Gasteiger partial charge in [0, 0.05) is 24.7 Å². The van der Waals surface area contributed by atoms with Gasteiger partial charge in [0.25, 0.3) is 0 Å². The lowest BCUT2D eigenvalue weighted by atomic mass is 10.1. The molecular weight excluding hydrogens is 226 g/mol. The second-order valence-corrected chi connectivity index (χ2v) is 4.84. The molecule has 0 radical (unpaired) electrons. The summed E-state index contributed by atoms with van der Waals surface area (Å²) in [6.07, 6.45) is 1.80. The van der Waals surface area contributed by atoms with Gasteiger partial charge in [0.15, 0.2) is 0 Å². The van der Waals surface area contributed by atoms with E-state index in [1.807, 2.05) is 20.0 Å². The van der Waals surface area contributed by atoms with Gasteiger partial charge in [-0.2, -0.15) is 0 Å². The molecule has 0 atom stereocenters. The van der Waals surface area contributed by atoms with Crippen molar-refractivity contribution in [2.24, 2.45) is 0 Å². The highest BCUT2D eigenvalue weighted by Gasteiger charge is 2.14. The van der Waals surface area contributed by atoms with E-state index in [9.17, 15) is 0 Å². The zero-order valence-corrected chi connectivity index (χ0v) is 11.7. The molecule has 0 spiro atoms. The molecule has 3 N–H and O–H groups in total. The van der Waals surface area contributed by atoms with Gasteiger partial charge in [0.2, 0.25) is 0 Å². The summed E-state index contributed by atoms with van der Waals surface area (Å²) in [6, 6.07) is 1.90. The van der Waals surface area contributed by atoms with Gasteiger partial charge < -0.3 is 16.0 Å². The van der Waals surface area contributed by atoms with Crippen LogP contribution in [0.5, 0.6) is 0 Å². The number of nitrogens with one attached hydrogen (secondary N) is 3. The number of nitrogens with zero attached hydrogens (tertiary/aromatic N) is 2. The average Bonchev–Trinajstić information content (AvgIpc) is 2.33. The highest BCUT2D eigenvalue weighted by atomic mass is 15.1. The number of anilines is 2. The first-order valence-corrected chi connectivity index (χ1v) is 6.10. The minimum Gasteiger partial charge on any atom is -0.368 e. The molecule has 1 aromatic heterocycles. The molecule has 100 valence electrons. The summed E-state index contributed by atoms with van der Waals surface area (Å²) in [7, 11) is 1.95. The van der Waals surface area contributed by atoms with E-state index in [0.717, 1.165) is 24.0 Å². The molecule has 0 saturated carbocycles. The molecule has 0 saturated heterocycles. The Morgan fingerprint density at radius 2 is 1.89 bits per heavy atom. The van der Waals surface area contributed by atoms with Crippen LogP contribution in [0.3, 0.4) is 0 Å². The van der Waals surface area contributed by atoms with Crippen molar-refractivity contribution in [1.82, 2.24) is 15.3 Å². The summed E-state index contributed by atoms with van der Waals surface area (Å²) in [5.41, 5.74) is 0.0214. The lowest BCUT2D eigenvalue weighted by Gasteiger charge is -2.24. The Kier molecular flexibility index (Phi) is 5.09. The third kappa shape index (κ3) is 4.71. The van der Waals surface area contributed by atoms with Crippen LogP contribution in [-0.4, -0.2) is 35.6 Å². The third-order valence-corrected chi connectivity index (χ3v) is 2.65. The van der Waals surface area contributed by atoms with E-state index in [2.05, 4.69) is 46.3 Å². The monoisotopic (exact) mass is 249 g/mol. The highest BCUT2D eigenvalue weighted by molar-refractivity contribution is 5.48. The molecule has 0 amide bonds. The zero-order chi connectivity index (χ0) is 13.6. The van der Waals surface area contributed by atoms with Crippen molar-refractivity contribution in [1.29, 1.82) is 0 Å². The maximum Gasteiger partial charge on any atom is 0.132 e. The van der Waals surface area contributed by atoms with Crippen molar-refractivity contribution in [2.45, 2.75) is 26.3 Å². The topological polar surface area (TPSA) is 61.9 Å². The lowest BCUT2D eigenvalue weighted by Crippen LogP contribution is -2.42. The van der Waals surface area contributed by atoms with E-state index in [1.54, 1.807) is 6.08 Å². The van der Waals surface area contributed by atoms with Crippen molar-refractivity contribution in [2.75, 3.05) is 30.8 Å². The quantitative estimate of drug-likeness (QED) is 0.643. The van der Waals surface area contributed by atoms with Crippen LogP contribution in [-0.2, 0) is 0 Å². The molecule has 0 aliphatic heterocycles. The summed E-state index contributed by atoms with van der Waals surface area (Å²) >= 11 is 0. The predicted molar refractivity (Wildman–Crippen MR) is 77.1 cm³/mol. The summed E-state index contributed by atoms with van der Waals surface area (Å²) < 4.78 is 0. The van der Waals surface area contributed by atoms with Gasteiger partial charge in [-0.25, -0.2) is 9.97 Å². The molecule has 5 heteroatoms. The minimum absolute atomic E-state index is 0.0214. The molecule has 0 aliphatic rings. The first kappa shape index (κ1) is 14.4. The number of hydrogen-bond donors (Lipinski definition) is 3. The van der Waals surface area contributed by atoms with E-state index in [4.69, 9.17) is 0 Å². The summed E-state index contributed by atoms with van der Waals surface area (Å²) in [5.74, 6) is 2.39. The molecule has 0 unspecified atom stereocenters. The van der Waals surface area contributed by atoms with E-state index in [0.29, 0.717) is 6.54 Å². The largest absolute Gasteiger partial charge is 0.368 e. The van der Waals surface area contributed by atoms with Gasteiger partial charge in [-0.05, 0) is 27.8 Å². The molecule has 0 aromatic carbocycles. The standard InChI is InChI=1S/C13H23N5/c1-6-7-15-11-8-12(18-10(2)17-11)16-9-13(3,4)14-5/h6,8,14H,1,7,9H2,2-5H3,(H2,15,16,17,18). The van der Waals surface area contributed by atoms with Gasteiger partial charge in [-0.15, -0.1) is 6.58 Å². The number of aryl methyl sites for hydroxylation is 1. The average molecular weight is 249 g/mol. The molecule has 0 bridgehead atoms. The van der Waals surface area contributed by atoms with Crippen LogP contribution in [0.1, 0.15) is 19.7 Å². The summed E-state index contributed by atoms with van der Waals surface area (Å²) in [6.45, 7) is 11.3. The smallest absolute Gasteiger partial charge is 0.132 e. The maximum absolute atomic E-state index is 4.36. The van der Waals surface area contributed by atoms with E-state index in [1.165, 1.54) is 0 Å². The van der Waals surface area contributed by atoms with Crippen molar-refractivity contribution < 1.29 is 0 Å². The van der Waals surface area contributed by atoms with E-state index < -0.39 is 0 Å². The first-order chi connectivity index (χ1) is 8.46. The van der Waals surface area contributed by atoms with Gasteiger partial charge in [-0.1, -0.05) is 6.08 Å². The van der Waals surface area contributed by atoms with Crippen LogP contribution >= 0.6 is 0 Å². The van der Waals surface area contributed by atoms with Gasteiger partial charge in [0.1, 0.15) is 17.5 Å². The second kappa shape index (κ2) is 6.35. The second-order valence-electron chi connectivity index (χ2n) is 4.84. The van der Waals surface area contributed by atoms with Gasteiger partial charge >= 0.3 is 0 Å². The normalized spacial score (nSPS) is 11.1. The molecule has 1 aromatic rings. The lowest BCUT2D eigenvalue weighted by molar-refractivity contribution is 0.447. The number of hydrogen-bond acceptors (Lipinski definition) is 5. The molecule has 5 nitrogen and oxygen atoms in total.